The van der Waals surface area contributed by atoms with Crippen LogP contribution in [0.1, 0.15) is 5.56 Å². The number of ether oxygens (including phenoxy) is 1. The molecule has 0 bridgehead atoms. The highest BCUT2D eigenvalue weighted by atomic mass is 35.5. The first-order valence-corrected chi connectivity index (χ1v) is 8.97. The molecule has 2 aromatic rings. The summed E-state index contributed by atoms with van der Waals surface area (Å²) in [6.45, 7) is 0. The van der Waals surface area contributed by atoms with Gasteiger partial charge in [0.05, 0.1) is 27.6 Å². The molecule has 0 unspecified atom stereocenters. The SMILES string of the molecule is COc1ccc(C=C2SC(=S)N(c3ccc(F)c(Cl)c3)C2=O)cc1[N+](=O)[O-]. The number of amides is 1. The van der Waals surface area contributed by atoms with Gasteiger partial charge < -0.3 is 4.74 Å². The molecule has 0 aliphatic carbocycles. The molecule has 0 N–H and O–H groups in total. The van der Waals surface area contributed by atoms with E-state index in [1.807, 2.05) is 0 Å². The number of hydrogen-bond acceptors (Lipinski definition) is 6. The Morgan fingerprint density at radius 3 is 2.70 bits per heavy atom. The van der Waals surface area contributed by atoms with E-state index in [1.165, 1.54) is 42.4 Å². The minimum Gasteiger partial charge on any atom is -0.490 e. The second kappa shape index (κ2) is 7.63. The maximum atomic E-state index is 13.4. The number of carbonyl (C=O) groups excluding carboxylic acids is 1. The van der Waals surface area contributed by atoms with E-state index in [9.17, 15) is 19.3 Å². The van der Waals surface area contributed by atoms with Crippen molar-refractivity contribution in [2.75, 3.05) is 12.0 Å². The summed E-state index contributed by atoms with van der Waals surface area (Å²) in [6, 6.07) is 8.19. The molecule has 0 spiro atoms. The van der Waals surface area contributed by atoms with Crippen molar-refractivity contribution in [3.63, 3.8) is 0 Å². The van der Waals surface area contributed by atoms with Crippen LogP contribution in [-0.2, 0) is 4.79 Å². The molecule has 1 heterocycles. The predicted octanol–water partition coefficient (Wildman–Crippen LogP) is 4.80. The molecule has 3 rings (SSSR count). The lowest BCUT2D eigenvalue weighted by atomic mass is 10.1. The van der Waals surface area contributed by atoms with Crippen molar-refractivity contribution in [2.24, 2.45) is 0 Å². The third kappa shape index (κ3) is 3.80. The summed E-state index contributed by atoms with van der Waals surface area (Å²) in [5, 5.41) is 11.0. The van der Waals surface area contributed by atoms with Crippen molar-refractivity contribution in [2.45, 2.75) is 0 Å². The topological polar surface area (TPSA) is 72.7 Å². The summed E-state index contributed by atoms with van der Waals surface area (Å²) < 4.78 is 18.6. The molecule has 0 atom stereocenters. The Bertz CT molecular complexity index is 1010. The van der Waals surface area contributed by atoms with Crippen LogP contribution in [0.3, 0.4) is 0 Å². The molecule has 10 heteroatoms. The van der Waals surface area contributed by atoms with Crippen molar-refractivity contribution in [1.82, 2.24) is 0 Å². The standard InChI is InChI=1S/C17H10ClFN2O4S2/c1-25-14-5-2-9(6-13(14)21(23)24)7-15-16(22)20(17(26)27-15)10-3-4-12(19)11(18)8-10/h2-8H,1H3. The van der Waals surface area contributed by atoms with Crippen molar-refractivity contribution in [3.8, 4) is 5.75 Å². The lowest BCUT2D eigenvalue weighted by Crippen LogP contribution is -2.27. The summed E-state index contributed by atoms with van der Waals surface area (Å²) in [5.41, 5.74) is 0.570. The van der Waals surface area contributed by atoms with E-state index < -0.39 is 16.6 Å². The van der Waals surface area contributed by atoms with Gasteiger partial charge in [-0.1, -0.05) is 41.6 Å². The molecule has 6 nitrogen and oxygen atoms in total. The third-order valence-electron chi connectivity index (χ3n) is 3.65. The number of carbonyl (C=O) groups is 1. The molecule has 0 radical (unpaired) electrons. The number of hydrogen-bond donors (Lipinski definition) is 0. The minimum absolute atomic E-state index is 0.116. The molecule has 1 fully saturated rings. The van der Waals surface area contributed by atoms with Gasteiger partial charge in [0.1, 0.15) is 5.82 Å². The molecule has 1 amide bonds. The second-order valence-corrected chi connectivity index (χ2v) is 7.39. The first kappa shape index (κ1) is 19.3. The van der Waals surface area contributed by atoms with Gasteiger partial charge in [-0.3, -0.25) is 19.8 Å². The van der Waals surface area contributed by atoms with E-state index in [1.54, 1.807) is 6.07 Å². The maximum absolute atomic E-state index is 13.4. The van der Waals surface area contributed by atoms with Gasteiger partial charge in [0.15, 0.2) is 10.1 Å². The second-order valence-electron chi connectivity index (χ2n) is 5.30. The molecule has 1 aliphatic heterocycles. The Morgan fingerprint density at radius 1 is 1.33 bits per heavy atom. The van der Waals surface area contributed by atoms with Crippen LogP contribution >= 0.6 is 35.6 Å². The van der Waals surface area contributed by atoms with Crippen LogP contribution in [-0.4, -0.2) is 22.3 Å². The fraction of sp³-hybridized carbons (Fsp3) is 0.0588. The lowest BCUT2D eigenvalue weighted by molar-refractivity contribution is -0.385. The number of anilines is 1. The van der Waals surface area contributed by atoms with Crippen LogP contribution in [0.25, 0.3) is 6.08 Å². The zero-order chi connectivity index (χ0) is 19.7. The highest BCUT2D eigenvalue weighted by Gasteiger charge is 2.33. The Labute approximate surface area is 167 Å². The summed E-state index contributed by atoms with van der Waals surface area (Å²) in [4.78, 5) is 24.8. The van der Waals surface area contributed by atoms with Gasteiger partial charge in [0.2, 0.25) is 0 Å². The number of methoxy groups -OCH3 is 1. The molecule has 1 saturated heterocycles. The Hall–Kier alpha value is -2.49. The van der Waals surface area contributed by atoms with Crippen molar-refractivity contribution in [1.29, 1.82) is 0 Å². The first-order valence-electron chi connectivity index (χ1n) is 7.37. The molecular weight excluding hydrogens is 415 g/mol. The number of halogens is 2. The molecule has 0 saturated carbocycles. The van der Waals surface area contributed by atoms with Crippen LogP contribution < -0.4 is 9.64 Å². The van der Waals surface area contributed by atoms with Crippen molar-refractivity contribution in [3.05, 3.63) is 67.8 Å². The smallest absolute Gasteiger partial charge is 0.311 e. The van der Waals surface area contributed by atoms with Gasteiger partial charge in [-0.15, -0.1) is 0 Å². The van der Waals surface area contributed by atoms with Crippen LogP contribution in [0, 0.1) is 15.9 Å². The van der Waals surface area contributed by atoms with Gasteiger partial charge in [-0.05, 0) is 35.9 Å². The normalized spacial score (nSPS) is 15.5. The fourth-order valence-corrected chi connectivity index (χ4v) is 3.88. The zero-order valence-corrected chi connectivity index (χ0v) is 16.0. The number of nitro benzene ring substituents is 1. The number of rotatable bonds is 4. The fourth-order valence-electron chi connectivity index (χ4n) is 2.41. The largest absolute Gasteiger partial charge is 0.490 e. The van der Waals surface area contributed by atoms with Crippen molar-refractivity contribution < 1.29 is 18.8 Å². The number of nitro groups is 1. The molecule has 138 valence electrons. The monoisotopic (exact) mass is 424 g/mol. The third-order valence-corrected chi connectivity index (χ3v) is 5.24. The van der Waals surface area contributed by atoms with E-state index in [2.05, 4.69) is 0 Å². The summed E-state index contributed by atoms with van der Waals surface area (Å²) >= 11 is 12.1. The first-order chi connectivity index (χ1) is 12.8. The molecular formula is C17H10ClFN2O4S2. The van der Waals surface area contributed by atoms with Gasteiger partial charge in [-0.2, -0.15) is 0 Å². The number of nitrogens with zero attached hydrogens (tertiary/aromatic N) is 2. The maximum Gasteiger partial charge on any atom is 0.311 e. The lowest BCUT2D eigenvalue weighted by Gasteiger charge is -2.14. The van der Waals surface area contributed by atoms with Crippen LogP contribution in [0.2, 0.25) is 5.02 Å². The van der Waals surface area contributed by atoms with Gasteiger partial charge >= 0.3 is 5.69 Å². The van der Waals surface area contributed by atoms with Crippen LogP contribution in [0.5, 0.6) is 5.75 Å². The Kier molecular flexibility index (Phi) is 5.45. The molecule has 1 aliphatic rings. The minimum atomic E-state index is -0.605. The van der Waals surface area contributed by atoms with Gasteiger partial charge in [-0.25, -0.2) is 4.39 Å². The van der Waals surface area contributed by atoms with Crippen LogP contribution in [0.4, 0.5) is 15.8 Å². The Balaban J connectivity index is 1.96. The van der Waals surface area contributed by atoms with Gasteiger partial charge in [0, 0.05) is 6.07 Å². The Morgan fingerprint density at radius 2 is 2.07 bits per heavy atom. The molecule has 0 aromatic heterocycles. The van der Waals surface area contributed by atoms with Crippen LogP contribution in [0.15, 0.2) is 41.3 Å². The summed E-state index contributed by atoms with van der Waals surface area (Å²) in [5.74, 6) is -0.913. The predicted molar refractivity (Wildman–Crippen MR) is 107 cm³/mol. The molecule has 27 heavy (non-hydrogen) atoms. The van der Waals surface area contributed by atoms with E-state index in [0.29, 0.717) is 11.3 Å². The average molecular weight is 425 g/mol. The number of thioether (sulfide) groups is 1. The zero-order valence-electron chi connectivity index (χ0n) is 13.6. The highest BCUT2D eigenvalue weighted by Crippen LogP contribution is 2.38. The quantitative estimate of drug-likeness (QED) is 0.304. The number of benzene rings is 2. The van der Waals surface area contributed by atoms with Crippen molar-refractivity contribution >= 4 is 63.3 Å². The van der Waals surface area contributed by atoms with E-state index in [0.717, 1.165) is 17.8 Å². The van der Waals surface area contributed by atoms with E-state index >= 15 is 0 Å². The van der Waals surface area contributed by atoms with E-state index in [-0.39, 0.29) is 25.7 Å². The molecule has 2 aromatic carbocycles. The van der Waals surface area contributed by atoms with Gasteiger partial charge in [0.25, 0.3) is 5.91 Å². The number of thiocarbonyl (C=S) groups is 1. The summed E-state index contributed by atoms with van der Waals surface area (Å²) in [6.07, 6.45) is 1.50. The average Bonchev–Trinajstić information content (AvgIpc) is 2.91. The van der Waals surface area contributed by atoms with E-state index in [4.69, 9.17) is 28.6 Å². The summed E-state index contributed by atoms with van der Waals surface area (Å²) in [7, 11) is 1.33. The highest BCUT2D eigenvalue weighted by molar-refractivity contribution is 8.27.